The van der Waals surface area contributed by atoms with Gasteiger partial charge in [0, 0.05) is 15.6 Å². The first-order chi connectivity index (χ1) is 7.59. The molecule has 2 nitrogen and oxygen atoms in total. The van der Waals surface area contributed by atoms with Crippen molar-refractivity contribution < 1.29 is 5.11 Å². The maximum Gasteiger partial charge on any atom is 0.139 e. The number of aromatic hydroxyl groups is 1. The van der Waals surface area contributed by atoms with Crippen LogP contribution in [0.2, 0.25) is 10.0 Å². The zero-order valence-electron chi connectivity index (χ0n) is 8.24. The molecule has 2 rings (SSSR count). The Labute approximate surface area is 103 Å². The van der Waals surface area contributed by atoms with E-state index in [1.54, 1.807) is 36.4 Å². The van der Waals surface area contributed by atoms with E-state index in [-0.39, 0.29) is 5.75 Å². The van der Waals surface area contributed by atoms with E-state index < -0.39 is 0 Å². The van der Waals surface area contributed by atoms with Gasteiger partial charge in [-0.3, -0.25) is 0 Å². The van der Waals surface area contributed by atoms with Crippen molar-refractivity contribution >= 4 is 28.9 Å². The summed E-state index contributed by atoms with van der Waals surface area (Å²) in [6, 6.07) is 10.2. The molecule has 0 bridgehead atoms. The van der Waals surface area contributed by atoms with Crippen LogP contribution in [0.1, 0.15) is 0 Å². The SMILES string of the molecule is Nc1ccc(-c2c(Cl)cccc2Cl)cc1O. The highest BCUT2D eigenvalue weighted by Crippen LogP contribution is 2.37. The van der Waals surface area contributed by atoms with Crippen molar-refractivity contribution in [3.05, 3.63) is 46.4 Å². The largest absolute Gasteiger partial charge is 0.506 e. The summed E-state index contributed by atoms with van der Waals surface area (Å²) in [5.74, 6) is 0.0217. The van der Waals surface area contributed by atoms with Crippen LogP contribution in [0.25, 0.3) is 11.1 Å². The molecule has 0 saturated carbocycles. The van der Waals surface area contributed by atoms with E-state index >= 15 is 0 Å². The zero-order valence-corrected chi connectivity index (χ0v) is 9.76. The lowest BCUT2D eigenvalue weighted by atomic mass is 10.0. The molecule has 0 spiro atoms. The van der Waals surface area contributed by atoms with E-state index in [1.807, 2.05) is 0 Å². The van der Waals surface area contributed by atoms with Gasteiger partial charge >= 0.3 is 0 Å². The van der Waals surface area contributed by atoms with Crippen molar-refractivity contribution in [1.82, 2.24) is 0 Å². The number of hydrogen-bond donors (Lipinski definition) is 2. The third-order valence-electron chi connectivity index (χ3n) is 2.28. The highest BCUT2D eigenvalue weighted by Gasteiger charge is 2.09. The van der Waals surface area contributed by atoms with Gasteiger partial charge in [-0.15, -0.1) is 0 Å². The molecule has 0 saturated heterocycles. The fraction of sp³-hybridized carbons (Fsp3) is 0. The van der Waals surface area contributed by atoms with Crippen LogP contribution in [0.3, 0.4) is 0 Å². The number of halogens is 2. The Morgan fingerprint density at radius 3 is 2.19 bits per heavy atom. The molecule has 3 N–H and O–H groups in total. The van der Waals surface area contributed by atoms with Gasteiger partial charge in [0.2, 0.25) is 0 Å². The minimum absolute atomic E-state index is 0.0217. The molecule has 0 aromatic heterocycles. The van der Waals surface area contributed by atoms with E-state index in [0.29, 0.717) is 21.3 Å². The summed E-state index contributed by atoms with van der Waals surface area (Å²) in [5, 5.41) is 10.6. The standard InChI is InChI=1S/C12H9Cl2NO/c13-8-2-1-3-9(14)12(8)7-4-5-10(15)11(16)6-7/h1-6,16H,15H2. The number of phenolic OH excluding ortho intramolecular Hbond substituents is 1. The van der Waals surface area contributed by atoms with Crippen LogP contribution in [-0.2, 0) is 0 Å². The molecule has 0 atom stereocenters. The first kappa shape index (κ1) is 11.1. The van der Waals surface area contributed by atoms with Crippen molar-refractivity contribution in [3.63, 3.8) is 0 Å². The molecule has 0 radical (unpaired) electrons. The molecule has 0 heterocycles. The average molecular weight is 254 g/mol. The Morgan fingerprint density at radius 2 is 1.62 bits per heavy atom. The molecule has 0 fully saturated rings. The topological polar surface area (TPSA) is 46.2 Å². The number of nitrogens with two attached hydrogens (primary N) is 1. The highest BCUT2D eigenvalue weighted by molar-refractivity contribution is 6.39. The summed E-state index contributed by atoms with van der Waals surface area (Å²) in [6.07, 6.45) is 0. The van der Waals surface area contributed by atoms with E-state index in [4.69, 9.17) is 28.9 Å². The van der Waals surface area contributed by atoms with Gasteiger partial charge in [-0.25, -0.2) is 0 Å². The van der Waals surface area contributed by atoms with Crippen LogP contribution in [0.15, 0.2) is 36.4 Å². The van der Waals surface area contributed by atoms with Crippen LogP contribution in [-0.4, -0.2) is 5.11 Å². The molecule has 2 aromatic rings. The summed E-state index contributed by atoms with van der Waals surface area (Å²) in [4.78, 5) is 0. The Bertz CT molecular complexity index is 520. The summed E-state index contributed by atoms with van der Waals surface area (Å²) >= 11 is 12.1. The minimum atomic E-state index is 0.0217. The van der Waals surface area contributed by atoms with Gasteiger partial charge < -0.3 is 10.8 Å². The predicted molar refractivity (Wildman–Crippen MR) is 68.0 cm³/mol. The fourth-order valence-corrected chi connectivity index (χ4v) is 2.09. The van der Waals surface area contributed by atoms with Crippen molar-refractivity contribution in [2.75, 3.05) is 5.73 Å². The van der Waals surface area contributed by atoms with Gasteiger partial charge in [-0.2, -0.15) is 0 Å². The minimum Gasteiger partial charge on any atom is -0.506 e. The number of benzene rings is 2. The summed E-state index contributed by atoms with van der Waals surface area (Å²) in [7, 11) is 0. The first-order valence-corrected chi connectivity index (χ1v) is 5.38. The lowest BCUT2D eigenvalue weighted by Gasteiger charge is -2.08. The Morgan fingerprint density at radius 1 is 1.00 bits per heavy atom. The van der Waals surface area contributed by atoms with Gasteiger partial charge in [-0.1, -0.05) is 35.3 Å². The second kappa shape index (κ2) is 4.24. The highest BCUT2D eigenvalue weighted by atomic mass is 35.5. The summed E-state index contributed by atoms with van der Waals surface area (Å²) < 4.78 is 0. The van der Waals surface area contributed by atoms with Crippen molar-refractivity contribution in [3.8, 4) is 16.9 Å². The molecule has 16 heavy (non-hydrogen) atoms. The Kier molecular flexibility index (Phi) is 2.95. The van der Waals surface area contributed by atoms with E-state index in [0.717, 1.165) is 5.56 Å². The molecular formula is C12H9Cl2NO. The lowest BCUT2D eigenvalue weighted by molar-refractivity contribution is 0.478. The smallest absolute Gasteiger partial charge is 0.139 e. The number of anilines is 1. The van der Waals surface area contributed by atoms with Crippen LogP contribution in [0, 0.1) is 0 Å². The van der Waals surface area contributed by atoms with Crippen molar-refractivity contribution in [2.45, 2.75) is 0 Å². The van der Waals surface area contributed by atoms with Gasteiger partial charge in [0.1, 0.15) is 5.75 Å². The normalized spacial score (nSPS) is 10.4. The number of rotatable bonds is 1. The van der Waals surface area contributed by atoms with Gasteiger partial charge in [0.25, 0.3) is 0 Å². The molecular weight excluding hydrogens is 245 g/mol. The quantitative estimate of drug-likeness (QED) is 0.597. The molecule has 2 aromatic carbocycles. The van der Waals surface area contributed by atoms with Crippen molar-refractivity contribution in [2.24, 2.45) is 0 Å². The Balaban J connectivity index is 2.63. The third kappa shape index (κ3) is 1.94. The second-order valence-corrected chi connectivity index (χ2v) is 4.18. The molecule has 0 aliphatic carbocycles. The van der Waals surface area contributed by atoms with E-state index in [2.05, 4.69) is 0 Å². The number of phenols is 1. The summed E-state index contributed by atoms with van der Waals surface area (Å²) in [6.45, 7) is 0. The van der Waals surface area contributed by atoms with E-state index in [1.165, 1.54) is 0 Å². The zero-order chi connectivity index (χ0) is 11.7. The maximum atomic E-state index is 9.53. The first-order valence-electron chi connectivity index (χ1n) is 4.62. The third-order valence-corrected chi connectivity index (χ3v) is 2.91. The van der Waals surface area contributed by atoms with Crippen molar-refractivity contribution in [1.29, 1.82) is 0 Å². The molecule has 0 unspecified atom stereocenters. The average Bonchev–Trinajstić information content (AvgIpc) is 2.23. The molecule has 4 heteroatoms. The number of nitrogen functional groups attached to an aromatic ring is 1. The number of hydrogen-bond acceptors (Lipinski definition) is 2. The van der Waals surface area contributed by atoms with Gasteiger partial charge in [0.15, 0.2) is 0 Å². The van der Waals surface area contributed by atoms with Gasteiger partial charge in [-0.05, 0) is 29.8 Å². The molecule has 82 valence electrons. The monoisotopic (exact) mass is 253 g/mol. The van der Waals surface area contributed by atoms with E-state index in [9.17, 15) is 5.11 Å². The lowest BCUT2D eigenvalue weighted by Crippen LogP contribution is -1.87. The van der Waals surface area contributed by atoms with Crippen LogP contribution < -0.4 is 5.73 Å². The summed E-state index contributed by atoms with van der Waals surface area (Å²) in [5.41, 5.74) is 7.29. The molecule has 0 amide bonds. The van der Waals surface area contributed by atoms with Crippen LogP contribution in [0.4, 0.5) is 5.69 Å². The van der Waals surface area contributed by atoms with Gasteiger partial charge in [0.05, 0.1) is 5.69 Å². The predicted octanol–water partition coefficient (Wildman–Crippen LogP) is 3.95. The fourth-order valence-electron chi connectivity index (χ4n) is 1.47. The maximum absolute atomic E-state index is 9.53. The second-order valence-electron chi connectivity index (χ2n) is 3.37. The molecule has 0 aliphatic heterocycles. The molecule has 0 aliphatic rings. The van der Waals surface area contributed by atoms with Crippen LogP contribution in [0.5, 0.6) is 5.75 Å². The van der Waals surface area contributed by atoms with Crippen LogP contribution >= 0.6 is 23.2 Å². The Hall–Kier alpha value is -1.38.